The van der Waals surface area contributed by atoms with Crippen molar-refractivity contribution in [1.29, 1.82) is 0 Å². The van der Waals surface area contributed by atoms with Crippen molar-refractivity contribution in [3.63, 3.8) is 0 Å². The Kier molecular flexibility index (Phi) is 5.30. The van der Waals surface area contributed by atoms with Gasteiger partial charge < -0.3 is 14.7 Å². The van der Waals surface area contributed by atoms with E-state index in [2.05, 4.69) is 0 Å². The molecular weight excluding hydrogens is 331 g/mol. The molecule has 1 unspecified atom stereocenters. The number of rotatable bonds is 3. The van der Waals surface area contributed by atoms with E-state index in [4.69, 9.17) is 4.74 Å². The molecule has 0 aliphatic carbocycles. The number of nitrogens with zero attached hydrogens (tertiary/aromatic N) is 2. The topological polar surface area (TPSA) is 87.2 Å². The average molecular weight is 352 g/mol. The van der Waals surface area contributed by atoms with Gasteiger partial charge in [-0.05, 0) is 32.9 Å². The fourth-order valence-corrected chi connectivity index (χ4v) is 2.67. The second-order valence-electron chi connectivity index (χ2n) is 6.76. The molecule has 1 aliphatic rings. The van der Waals surface area contributed by atoms with E-state index in [1.807, 2.05) is 0 Å². The van der Waals surface area contributed by atoms with Crippen LogP contribution in [0.15, 0.2) is 18.2 Å². The molecule has 1 fully saturated rings. The number of carbonyl (C=O) groups is 3. The molecule has 1 heterocycles. The highest BCUT2D eigenvalue weighted by atomic mass is 19.1. The molecule has 1 amide bonds. The Morgan fingerprint density at radius 2 is 2.00 bits per heavy atom. The normalized spacial score (nSPS) is 18.0. The number of carboxylic acids is 1. The summed E-state index contributed by atoms with van der Waals surface area (Å²) < 4.78 is 19.0. The van der Waals surface area contributed by atoms with E-state index in [1.165, 1.54) is 12.1 Å². The van der Waals surface area contributed by atoms with Crippen LogP contribution in [0.1, 0.15) is 31.1 Å². The Balaban J connectivity index is 2.25. The molecule has 7 nitrogen and oxygen atoms in total. The smallest absolute Gasteiger partial charge is 0.411 e. The number of hydrogen-bond acceptors (Lipinski definition) is 5. The van der Waals surface area contributed by atoms with Crippen LogP contribution in [0.4, 0.5) is 14.9 Å². The molecule has 2 rings (SSSR count). The molecule has 1 aromatic rings. The molecule has 1 N–H and O–H groups in total. The molecule has 0 bridgehead atoms. The van der Waals surface area contributed by atoms with Crippen LogP contribution in [-0.2, 0) is 9.53 Å². The van der Waals surface area contributed by atoms with Crippen molar-refractivity contribution in [3.05, 3.63) is 29.6 Å². The number of aliphatic carboxylic acids is 1. The number of hydrogen-bond donors (Lipinski definition) is 1. The molecule has 25 heavy (non-hydrogen) atoms. The van der Waals surface area contributed by atoms with E-state index in [9.17, 15) is 23.9 Å². The summed E-state index contributed by atoms with van der Waals surface area (Å²) >= 11 is 0. The van der Waals surface area contributed by atoms with Crippen molar-refractivity contribution in [1.82, 2.24) is 4.90 Å². The van der Waals surface area contributed by atoms with Gasteiger partial charge in [0.1, 0.15) is 17.5 Å². The largest absolute Gasteiger partial charge is 0.480 e. The Bertz CT molecular complexity index is 686. The van der Waals surface area contributed by atoms with Gasteiger partial charge in [-0.25, -0.2) is 14.0 Å². The molecule has 0 saturated carbocycles. The van der Waals surface area contributed by atoms with Gasteiger partial charge in [-0.15, -0.1) is 0 Å². The molecule has 0 radical (unpaired) electrons. The highest BCUT2D eigenvalue weighted by Crippen LogP contribution is 2.25. The third kappa shape index (κ3) is 4.26. The number of anilines is 1. The number of ether oxygens (including phenoxy) is 1. The van der Waals surface area contributed by atoms with Gasteiger partial charge >= 0.3 is 12.1 Å². The number of halogens is 1. The molecule has 1 saturated heterocycles. The minimum Gasteiger partial charge on any atom is -0.480 e. The number of aldehydes is 1. The van der Waals surface area contributed by atoms with Crippen LogP contribution >= 0.6 is 0 Å². The number of piperazine rings is 1. The molecular formula is C17H21FN2O5. The lowest BCUT2D eigenvalue weighted by atomic mass is 10.1. The first-order valence-corrected chi connectivity index (χ1v) is 7.85. The van der Waals surface area contributed by atoms with Crippen molar-refractivity contribution >= 4 is 24.0 Å². The van der Waals surface area contributed by atoms with Crippen LogP contribution in [-0.4, -0.2) is 59.6 Å². The molecule has 1 aliphatic heterocycles. The molecule has 0 spiro atoms. The maximum absolute atomic E-state index is 13.8. The monoisotopic (exact) mass is 352 g/mol. The number of amides is 1. The first-order chi connectivity index (χ1) is 11.6. The Hall–Kier alpha value is -2.64. The first-order valence-electron chi connectivity index (χ1n) is 7.85. The Morgan fingerprint density at radius 1 is 1.32 bits per heavy atom. The maximum Gasteiger partial charge on any atom is 0.411 e. The summed E-state index contributed by atoms with van der Waals surface area (Å²) in [5, 5.41) is 9.48. The fraction of sp³-hybridized carbons (Fsp3) is 0.471. The van der Waals surface area contributed by atoms with Gasteiger partial charge in [0.25, 0.3) is 0 Å². The van der Waals surface area contributed by atoms with Crippen molar-refractivity contribution in [2.24, 2.45) is 0 Å². The summed E-state index contributed by atoms with van der Waals surface area (Å²) in [4.78, 5) is 37.8. The average Bonchev–Trinajstić information content (AvgIpc) is 2.52. The van der Waals surface area contributed by atoms with Crippen LogP contribution in [0.2, 0.25) is 0 Å². The van der Waals surface area contributed by atoms with Crippen LogP contribution < -0.4 is 4.90 Å². The predicted octanol–water partition coefficient (Wildman–Crippen LogP) is 2.15. The lowest BCUT2D eigenvalue weighted by Gasteiger charge is -2.41. The number of carbonyl (C=O) groups excluding carboxylic acids is 2. The Labute approximate surface area is 145 Å². The van der Waals surface area contributed by atoms with Gasteiger partial charge in [-0.3, -0.25) is 9.69 Å². The van der Waals surface area contributed by atoms with Crippen LogP contribution in [0.3, 0.4) is 0 Å². The first kappa shape index (κ1) is 18.7. The Morgan fingerprint density at radius 3 is 2.56 bits per heavy atom. The van der Waals surface area contributed by atoms with Gasteiger partial charge in [0.2, 0.25) is 0 Å². The molecule has 0 aromatic heterocycles. The maximum atomic E-state index is 13.8. The van der Waals surface area contributed by atoms with Crippen molar-refractivity contribution in [3.8, 4) is 0 Å². The second kappa shape index (κ2) is 7.08. The lowest BCUT2D eigenvalue weighted by molar-refractivity contribution is -0.143. The quantitative estimate of drug-likeness (QED) is 0.839. The van der Waals surface area contributed by atoms with E-state index in [-0.39, 0.29) is 25.2 Å². The SMILES string of the molecule is CC(C)(C)OC(=O)N1CCN(c2cccc(F)c2C=O)CC1C(=O)O. The van der Waals surface area contributed by atoms with Gasteiger partial charge in [0.05, 0.1) is 11.3 Å². The van der Waals surface area contributed by atoms with Gasteiger partial charge in [0.15, 0.2) is 6.29 Å². The zero-order chi connectivity index (χ0) is 18.8. The third-order valence-electron chi connectivity index (χ3n) is 3.78. The minimum atomic E-state index is -1.19. The number of carboxylic acid groups (broad SMARTS) is 1. The predicted molar refractivity (Wildman–Crippen MR) is 88.4 cm³/mol. The van der Waals surface area contributed by atoms with Crippen LogP contribution in [0.5, 0.6) is 0 Å². The third-order valence-corrected chi connectivity index (χ3v) is 3.78. The van der Waals surface area contributed by atoms with E-state index >= 15 is 0 Å². The molecule has 136 valence electrons. The van der Waals surface area contributed by atoms with Crippen molar-refractivity contribution < 1.29 is 28.6 Å². The second-order valence-corrected chi connectivity index (χ2v) is 6.76. The number of benzene rings is 1. The summed E-state index contributed by atoms with van der Waals surface area (Å²) in [6.45, 7) is 5.35. The fourth-order valence-electron chi connectivity index (χ4n) is 2.67. The van der Waals surface area contributed by atoms with Gasteiger partial charge in [-0.1, -0.05) is 6.07 Å². The zero-order valence-corrected chi connectivity index (χ0v) is 14.4. The van der Waals surface area contributed by atoms with E-state index in [1.54, 1.807) is 31.7 Å². The molecule has 1 aromatic carbocycles. The van der Waals surface area contributed by atoms with Crippen LogP contribution in [0, 0.1) is 5.82 Å². The highest BCUT2D eigenvalue weighted by molar-refractivity contribution is 5.86. The highest BCUT2D eigenvalue weighted by Gasteiger charge is 2.38. The van der Waals surface area contributed by atoms with E-state index in [0.29, 0.717) is 12.0 Å². The molecule has 1 atom stereocenters. The summed E-state index contributed by atoms with van der Waals surface area (Å²) in [5.74, 6) is -1.87. The molecule has 8 heteroatoms. The van der Waals surface area contributed by atoms with Crippen LogP contribution in [0.25, 0.3) is 0 Å². The minimum absolute atomic E-state index is 0.0706. The summed E-state index contributed by atoms with van der Waals surface area (Å²) in [6.07, 6.45) is -0.310. The zero-order valence-electron chi connectivity index (χ0n) is 14.4. The lowest BCUT2D eigenvalue weighted by Crippen LogP contribution is -2.59. The van der Waals surface area contributed by atoms with E-state index in [0.717, 1.165) is 4.90 Å². The van der Waals surface area contributed by atoms with Gasteiger partial charge in [0, 0.05) is 19.6 Å². The van der Waals surface area contributed by atoms with Gasteiger partial charge in [-0.2, -0.15) is 0 Å². The summed E-state index contributed by atoms with van der Waals surface area (Å²) in [6, 6.07) is 3.01. The van der Waals surface area contributed by atoms with E-state index < -0.39 is 29.5 Å². The summed E-state index contributed by atoms with van der Waals surface area (Å²) in [5.41, 5.74) is -0.563. The van der Waals surface area contributed by atoms with Crippen molar-refractivity contribution in [2.75, 3.05) is 24.5 Å². The van der Waals surface area contributed by atoms with Crippen molar-refractivity contribution in [2.45, 2.75) is 32.4 Å². The standard InChI is InChI=1S/C17H21FN2O5/c1-17(2,3)25-16(24)20-8-7-19(9-14(20)15(22)23)13-6-4-5-12(18)11(13)10-21/h4-6,10,14H,7-9H2,1-3H3,(H,22,23). The summed E-state index contributed by atoms with van der Waals surface area (Å²) in [7, 11) is 0.